The van der Waals surface area contributed by atoms with Gasteiger partial charge in [0.2, 0.25) is 0 Å². The molecule has 0 amide bonds. The molecule has 0 aromatic heterocycles. The number of ether oxygens (including phenoxy) is 2. The van der Waals surface area contributed by atoms with Crippen molar-refractivity contribution in [1.82, 2.24) is 0 Å². The van der Waals surface area contributed by atoms with Gasteiger partial charge in [0, 0.05) is 12.5 Å². The third-order valence-corrected chi connectivity index (χ3v) is 3.61. The van der Waals surface area contributed by atoms with Gasteiger partial charge in [0.25, 0.3) is 0 Å². The van der Waals surface area contributed by atoms with E-state index in [0.717, 1.165) is 25.9 Å². The summed E-state index contributed by atoms with van der Waals surface area (Å²) in [6.07, 6.45) is 8.58. The van der Waals surface area contributed by atoms with Crippen molar-refractivity contribution in [2.45, 2.75) is 65.3 Å². The first kappa shape index (κ1) is 15.5. The van der Waals surface area contributed by atoms with E-state index in [2.05, 4.69) is 39.5 Å². The second-order valence-electron chi connectivity index (χ2n) is 5.72. The van der Waals surface area contributed by atoms with Crippen molar-refractivity contribution in [3.05, 3.63) is 24.3 Å². The monoisotopic (exact) mass is 252 g/mol. The Kier molecular flexibility index (Phi) is 6.10. The van der Waals surface area contributed by atoms with Crippen molar-refractivity contribution < 1.29 is 9.47 Å². The van der Waals surface area contributed by atoms with Gasteiger partial charge < -0.3 is 9.47 Å². The van der Waals surface area contributed by atoms with Crippen LogP contribution in [0.5, 0.6) is 0 Å². The predicted octanol–water partition coefficient (Wildman–Crippen LogP) is 4.47. The molecule has 0 spiro atoms. The van der Waals surface area contributed by atoms with Crippen molar-refractivity contribution in [3.8, 4) is 0 Å². The van der Waals surface area contributed by atoms with E-state index in [1.807, 2.05) is 6.92 Å². The van der Waals surface area contributed by atoms with E-state index in [1.54, 1.807) is 0 Å². The Bertz CT molecular complexity index is 285. The second kappa shape index (κ2) is 7.10. The van der Waals surface area contributed by atoms with Gasteiger partial charge in [-0.1, -0.05) is 24.3 Å². The molecule has 0 radical (unpaired) electrons. The van der Waals surface area contributed by atoms with Crippen LogP contribution in [0.15, 0.2) is 24.3 Å². The van der Waals surface area contributed by atoms with E-state index in [-0.39, 0.29) is 11.9 Å². The largest absolute Gasteiger partial charge is 0.353 e. The first-order valence-corrected chi connectivity index (χ1v) is 7.03. The maximum atomic E-state index is 6.18. The zero-order valence-electron chi connectivity index (χ0n) is 12.4. The summed E-state index contributed by atoms with van der Waals surface area (Å²) in [6.45, 7) is 13.4. The third kappa shape index (κ3) is 4.58. The highest BCUT2D eigenvalue weighted by atomic mass is 16.7. The average molecular weight is 252 g/mol. The Morgan fingerprint density at radius 1 is 1.50 bits per heavy atom. The minimum Gasteiger partial charge on any atom is -0.353 e. The number of rotatable bonds is 6. The fourth-order valence-corrected chi connectivity index (χ4v) is 2.58. The molecular formula is C16H28O2. The van der Waals surface area contributed by atoms with Crippen LogP contribution in [0.1, 0.15) is 53.4 Å². The van der Waals surface area contributed by atoms with E-state index in [0.29, 0.717) is 5.92 Å². The van der Waals surface area contributed by atoms with E-state index in [4.69, 9.17) is 9.47 Å². The maximum absolute atomic E-state index is 6.18. The molecule has 0 bridgehead atoms. The van der Waals surface area contributed by atoms with E-state index in [9.17, 15) is 0 Å². The Balaban J connectivity index is 2.64. The Morgan fingerprint density at radius 3 is 2.72 bits per heavy atom. The van der Waals surface area contributed by atoms with Crippen LogP contribution in [-0.2, 0) is 9.47 Å². The molecule has 0 aromatic carbocycles. The van der Waals surface area contributed by atoms with Gasteiger partial charge in [-0.2, -0.15) is 0 Å². The highest BCUT2D eigenvalue weighted by Crippen LogP contribution is 2.33. The summed E-state index contributed by atoms with van der Waals surface area (Å²) >= 11 is 0. The zero-order valence-corrected chi connectivity index (χ0v) is 12.4. The fourth-order valence-electron chi connectivity index (χ4n) is 2.58. The van der Waals surface area contributed by atoms with Crippen molar-refractivity contribution in [2.24, 2.45) is 5.92 Å². The molecule has 0 saturated carbocycles. The van der Waals surface area contributed by atoms with Crippen LogP contribution in [0.4, 0.5) is 0 Å². The van der Waals surface area contributed by atoms with Gasteiger partial charge in [-0.15, -0.1) is 0 Å². The van der Waals surface area contributed by atoms with Crippen LogP contribution in [-0.4, -0.2) is 18.5 Å². The van der Waals surface area contributed by atoms with Crippen molar-refractivity contribution in [1.29, 1.82) is 0 Å². The van der Waals surface area contributed by atoms with Gasteiger partial charge in [0.1, 0.15) is 0 Å². The summed E-state index contributed by atoms with van der Waals surface area (Å²) < 4.78 is 11.9. The molecule has 1 aliphatic rings. The smallest absolute Gasteiger partial charge is 0.158 e. The summed E-state index contributed by atoms with van der Waals surface area (Å²) in [5.41, 5.74) is 0.946. The SMILES string of the molecule is C=C(C)C(C/C=C\C)C(C)(C)OC1CCCCO1. The molecule has 2 nitrogen and oxygen atoms in total. The predicted molar refractivity (Wildman–Crippen MR) is 76.5 cm³/mol. The lowest BCUT2D eigenvalue weighted by molar-refractivity contribution is -0.225. The lowest BCUT2D eigenvalue weighted by atomic mass is 9.83. The fraction of sp³-hybridized carbons (Fsp3) is 0.750. The number of hydrogen-bond donors (Lipinski definition) is 0. The van der Waals surface area contributed by atoms with Crippen molar-refractivity contribution in [3.63, 3.8) is 0 Å². The molecule has 0 aromatic rings. The van der Waals surface area contributed by atoms with Crippen LogP contribution in [0.3, 0.4) is 0 Å². The molecule has 1 saturated heterocycles. The van der Waals surface area contributed by atoms with E-state index < -0.39 is 0 Å². The van der Waals surface area contributed by atoms with Crippen LogP contribution >= 0.6 is 0 Å². The Hall–Kier alpha value is -0.600. The van der Waals surface area contributed by atoms with Gasteiger partial charge in [-0.25, -0.2) is 0 Å². The highest BCUT2D eigenvalue weighted by Gasteiger charge is 2.33. The molecular weight excluding hydrogens is 224 g/mol. The Morgan fingerprint density at radius 2 is 2.22 bits per heavy atom. The van der Waals surface area contributed by atoms with Gasteiger partial charge >= 0.3 is 0 Å². The quantitative estimate of drug-likeness (QED) is 0.649. The van der Waals surface area contributed by atoms with Crippen molar-refractivity contribution in [2.75, 3.05) is 6.61 Å². The molecule has 1 rings (SSSR count). The van der Waals surface area contributed by atoms with Crippen LogP contribution < -0.4 is 0 Å². The lowest BCUT2D eigenvalue weighted by Crippen LogP contribution is -2.40. The maximum Gasteiger partial charge on any atom is 0.158 e. The van der Waals surface area contributed by atoms with Crippen molar-refractivity contribution >= 4 is 0 Å². The molecule has 104 valence electrons. The lowest BCUT2D eigenvalue weighted by Gasteiger charge is -2.38. The molecule has 18 heavy (non-hydrogen) atoms. The standard InChI is InChI=1S/C16H28O2/c1-6-7-10-14(13(2)3)16(4,5)18-15-11-8-9-12-17-15/h6-7,14-15H,2,8-12H2,1,3-5H3/b7-6-. The first-order chi connectivity index (χ1) is 8.47. The molecule has 2 unspecified atom stereocenters. The number of allylic oxidation sites excluding steroid dienone is 2. The Labute approximate surface area is 112 Å². The highest BCUT2D eigenvalue weighted by molar-refractivity contribution is 5.06. The molecule has 0 N–H and O–H groups in total. The van der Waals surface area contributed by atoms with Gasteiger partial charge in [0.05, 0.1) is 5.60 Å². The zero-order chi connectivity index (χ0) is 13.6. The summed E-state index contributed by atoms with van der Waals surface area (Å²) in [5, 5.41) is 0. The molecule has 2 heteroatoms. The third-order valence-electron chi connectivity index (χ3n) is 3.61. The number of hydrogen-bond acceptors (Lipinski definition) is 2. The van der Waals surface area contributed by atoms with Crippen LogP contribution in [0.25, 0.3) is 0 Å². The van der Waals surface area contributed by atoms with Gasteiger partial charge in [0.15, 0.2) is 6.29 Å². The van der Waals surface area contributed by atoms with Gasteiger partial charge in [-0.3, -0.25) is 0 Å². The van der Waals surface area contributed by atoms with E-state index >= 15 is 0 Å². The average Bonchev–Trinajstić information content (AvgIpc) is 2.29. The normalized spacial score (nSPS) is 23.2. The molecule has 1 heterocycles. The summed E-state index contributed by atoms with van der Waals surface area (Å²) in [5.74, 6) is 0.333. The molecule has 2 atom stereocenters. The summed E-state index contributed by atoms with van der Waals surface area (Å²) in [6, 6.07) is 0. The molecule has 1 fully saturated rings. The second-order valence-corrected chi connectivity index (χ2v) is 5.72. The summed E-state index contributed by atoms with van der Waals surface area (Å²) in [7, 11) is 0. The minimum absolute atomic E-state index is 0.0405. The van der Waals surface area contributed by atoms with Gasteiger partial charge in [-0.05, 0) is 53.4 Å². The van der Waals surface area contributed by atoms with Crippen LogP contribution in [0.2, 0.25) is 0 Å². The minimum atomic E-state index is -0.229. The topological polar surface area (TPSA) is 18.5 Å². The summed E-state index contributed by atoms with van der Waals surface area (Å²) in [4.78, 5) is 0. The molecule has 0 aliphatic carbocycles. The molecule has 1 aliphatic heterocycles. The van der Waals surface area contributed by atoms with E-state index in [1.165, 1.54) is 12.0 Å². The first-order valence-electron chi connectivity index (χ1n) is 7.03. The van der Waals surface area contributed by atoms with Crippen LogP contribution in [0, 0.1) is 5.92 Å².